The Kier molecular flexibility index (Phi) is 5.63. The van der Waals surface area contributed by atoms with Crippen molar-refractivity contribution in [2.45, 2.75) is 25.2 Å². The second-order valence-electron chi connectivity index (χ2n) is 5.54. The molecule has 7 nitrogen and oxygen atoms in total. The van der Waals surface area contributed by atoms with Gasteiger partial charge in [-0.1, -0.05) is 24.6 Å². The zero-order valence-corrected chi connectivity index (χ0v) is 15.4. The molecule has 0 spiro atoms. The first-order valence-corrected chi connectivity index (χ1v) is 9.17. The van der Waals surface area contributed by atoms with Crippen molar-refractivity contribution >= 4 is 21.7 Å². The molecule has 0 radical (unpaired) electrons. The Hall–Kier alpha value is -2.61. The van der Waals surface area contributed by atoms with Gasteiger partial charge in [0.1, 0.15) is 5.69 Å². The van der Waals surface area contributed by atoms with Crippen LogP contribution in [-0.2, 0) is 21.8 Å². The number of rotatable bonds is 6. The van der Waals surface area contributed by atoms with Gasteiger partial charge < -0.3 is 9.30 Å². The van der Waals surface area contributed by atoms with Gasteiger partial charge in [0.25, 0.3) is 10.0 Å². The lowest BCUT2D eigenvalue weighted by Gasteiger charge is -2.06. The molecule has 0 fully saturated rings. The summed E-state index contributed by atoms with van der Waals surface area (Å²) in [5.41, 5.74) is 2.50. The number of sulfonamides is 1. The molecule has 0 aliphatic carbocycles. The molecule has 134 valence electrons. The maximum Gasteiger partial charge on any atom is 0.354 e. The molecule has 0 atom stereocenters. The second kappa shape index (κ2) is 7.52. The average molecular weight is 363 g/mol. The van der Waals surface area contributed by atoms with Crippen LogP contribution < -0.4 is 4.83 Å². The molecule has 0 unspecified atom stereocenters. The van der Waals surface area contributed by atoms with Gasteiger partial charge in [-0.2, -0.15) is 18.4 Å². The molecule has 0 saturated heterocycles. The third-order valence-corrected chi connectivity index (χ3v) is 4.92. The highest BCUT2D eigenvalue weighted by Gasteiger charge is 2.16. The lowest BCUT2D eigenvalue weighted by Crippen LogP contribution is -2.20. The fraction of sp³-hybridized carbons (Fsp3) is 0.294. The van der Waals surface area contributed by atoms with Crippen molar-refractivity contribution in [3.05, 3.63) is 53.3 Å². The third kappa shape index (κ3) is 4.27. The highest BCUT2D eigenvalue weighted by molar-refractivity contribution is 7.89. The zero-order valence-electron chi connectivity index (χ0n) is 14.6. The SMILES string of the molecule is CC/C(=N\NS(=O)(=O)c1ccc(C)cc1)c1cc(C(=O)OC)n(C)c1. The Labute approximate surface area is 147 Å². The molecule has 8 heteroatoms. The highest BCUT2D eigenvalue weighted by atomic mass is 32.2. The van der Waals surface area contributed by atoms with E-state index in [1.54, 1.807) is 36.0 Å². The Morgan fingerprint density at radius 1 is 1.28 bits per heavy atom. The summed E-state index contributed by atoms with van der Waals surface area (Å²) >= 11 is 0. The number of nitrogens with zero attached hydrogens (tertiary/aromatic N) is 2. The minimum Gasteiger partial charge on any atom is -0.464 e. The molecule has 0 bridgehead atoms. The van der Waals surface area contributed by atoms with E-state index in [4.69, 9.17) is 4.74 Å². The first kappa shape index (κ1) is 18.7. The Morgan fingerprint density at radius 2 is 1.92 bits per heavy atom. The third-order valence-electron chi connectivity index (χ3n) is 3.70. The van der Waals surface area contributed by atoms with Crippen molar-refractivity contribution < 1.29 is 17.9 Å². The number of hydrogen-bond acceptors (Lipinski definition) is 5. The number of aryl methyl sites for hydroxylation is 2. The molecular formula is C17H21N3O4S. The monoisotopic (exact) mass is 363 g/mol. The summed E-state index contributed by atoms with van der Waals surface area (Å²) in [5, 5.41) is 4.04. The quantitative estimate of drug-likeness (QED) is 0.484. The van der Waals surface area contributed by atoms with Crippen LogP contribution in [0.15, 0.2) is 46.5 Å². The van der Waals surface area contributed by atoms with Gasteiger partial charge in [0.15, 0.2) is 0 Å². The number of methoxy groups -OCH3 is 1. The summed E-state index contributed by atoms with van der Waals surface area (Å²) in [6.07, 6.45) is 2.19. The number of hydrogen-bond donors (Lipinski definition) is 1. The van der Waals surface area contributed by atoms with Gasteiger partial charge >= 0.3 is 5.97 Å². The summed E-state index contributed by atoms with van der Waals surface area (Å²) in [5.74, 6) is -0.468. The summed E-state index contributed by atoms with van der Waals surface area (Å²) in [6.45, 7) is 3.73. The summed E-state index contributed by atoms with van der Waals surface area (Å²) in [7, 11) is -0.738. The van der Waals surface area contributed by atoms with E-state index >= 15 is 0 Å². The van der Waals surface area contributed by atoms with E-state index in [-0.39, 0.29) is 4.90 Å². The molecule has 1 aromatic heterocycles. The molecule has 1 N–H and O–H groups in total. The van der Waals surface area contributed by atoms with Gasteiger partial charge in [-0.3, -0.25) is 0 Å². The Morgan fingerprint density at radius 3 is 2.48 bits per heavy atom. The van der Waals surface area contributed by atoms with Crippen molar-refractivity contribution in [1.29, 1.82) is 0 Å². The topological polar surface area (TPSA) is 89.8 Å². The summed E-state index contributed by atoms with van der Waals surface area (Å²) in [4.78, 5) is 14.1. The number of ether oxygens (including phenoxy) is 1. The van der Waals surface area contributed by atoms with Crippen LogP contribution in [0.25, 0.3) is 0 Å². The zero-order chi connectivity index (χ0) is 18.6. The van der Waals surface area contributed by atoms with E-state index in [1.165, 1.54) is 19.2 Å². The normalized spacial score (nSPS) is 12.1. The number of carbonyl (C=O) groups excluding carboxylic acids is 1. The van der Waals surface area contributed by atoms with Crippen molar-refractivity contribution in [2.24, 2.45) is 12.1 Å². The molecule has 2 rings (SSSR count). The molecule has 2 aromatic rings. The number of benzene rings is 1. The molecule has 0 aliphatic rings. The minimum absolute atomic E-state index is 0.139. The summed E-state index contributed by atoms with van der Waals surface area (Å²) in [6, 6.07) is 8.11. The van der Waals surface area contributed by atoms with Gasteiger partial charge in [0.05, 0.1) is 17.7 Å². The number of esters is 1. The van der Waals surface area contributed by atoms with Crippen LogP contribution in [0.5, 0.6) is 0 Å². The van der Waals surface area contributed by atoms with Crippen molar-refractivity contribution in [3.8, 4) is 0 Å². The first-order valence-electron chi connectivity index (χ1n) is 7.68. The lowest BCUT2D eigenvalue weighted by atomic mass is 10.1. The van der Waals surface area contributed by atoms with Crippen LogP contribution in [0.1, 0.15) is 35.0 Å². The fourth-order valence-electron chi connectivity index (χ4n) is 2.26. The van der Waals surface area contributed by atoms with Gasteiger partial charge in [-0.25, -0.2) is 4.79 Å². The van der Waals surface area contributed by atoms with Crippen molar-refractivity contribution in [2.75, 3.05) is 7.11 Å². The Bertz CT molecular complexity index is 896. The molecule has 0 amide bonds. The lowest BCUT2D eigenvalue weighted by molar-refractivity contribution is 0.0590. The van der Waals surface area contributed by atoms with Crippen LogP contribution in [0.4, 0.5) is 0 Å². The average Bonchev–Trinajstić information content (AvgIpc) is 2.96. The fourth-order valence-corrected chi connectivity index (χ4v) is 3.09. The summed E-state index contributed by atoms with van der Waals surface area (Å²) < 4.78 is 31.0. The predicted octanol–water partition coefficient (Wildman–Crippen LogP) is 2.21. The molecule has 25 heavy (non-hydrogen) atoms. The first-order chi connectivity index (χ1) is 11.8. The number of hydrazone groups is 1. The van der Waals surface area contributed by atoms with Crippen LogP contribution >= 0.6 is 0 Å². The predicted molar refractivity (Wildman–Crippen MR) is 95.1 cm³/mol. The van der Waals surface area contributed by atoms with E-state index in [0.29, 0.717) is 23.4 Å². The van der Waals surface area contributed by atoms with Crippen molar-refractivity contribution in [1.82, 2.24) is 9.40 Å². The van der Waals surface area contributed by atoms with Gasteiger partial charge in [0, 0.05) is 18.8 Å². The number of carbonyl (C=O) groups is 1. The van der Waals surface area contributed by atoms with Gasteiger partial charge in [-0.05, 0) is 31.5 Å². The van der Waals surface area contributed by atoms with Crippen molar-refractivity contribution in [3.63, 3.8) is 0 Å². The standard InChI is InChI=1S/C17H21N3O4S/c1-5-15(13-10-16(17(21)24-4)20(3)11-13)18-19-25(22,23)14-8-6-12(2)7-9-14/h6-11,19H,5H2,1-4H3/b18-15+. The number of aromatic nitrogens is 1. The molecule has 0 saturated carbocycles. The van der Waals surface area contributed by atoms with E-state index in [1.807, 2.05) is 13.8 Å². The molecule has 1 aromatic carbocycles. The maximum atomic E-state index is 12.3. The van der Waals surface area contributed by atoms with E-state index < -0.39 is 16.0 Å². The second-order valence-corrected chi connectivity index (χ2v) is 7.20. The van der Waals surface area contributed by atoms with E-state index in [9.17, 15) is 13.2 Å². The minimum atomic E-state index is -3.75. The van der Waals surface area contributed by atoms with Crippen LogP contribution in [0.2, 0.25) is 0 Å². The van der Waals surface area contributed by atoms with Crippen LogP contribution in [-0.4, -0.2) is 31.8 Å². The largest absolute Gasteiger partial charge is 0.464 e. The molecule has 1 heterocycles. The van der Waals surface area contributed by atoms with Gasteiger partial charge in [0.2, 0.25) is 0 Å². The smallest absolute Gasteiger partial charge is 0.354 e. The highest BCUT2D eigenvalue weighted by Crippen LogP contribution is 2.13. The van der Waals surface area contributed by atoms with Gasteiger partial charge in [-0.15, -0.1) is 0 Å². The molecular weight excluding hydrogens is 342 g/mol. The van der Waals surface area contributed by atoms with Crippen LogP contribution in [0, 0.1) is 6.92 Å². The van der Waals surface area contributed by atoms with Crippen LogP contribution in [0.3, 0.4) is 0 Å². The Balaban J connectivity index is 2.29. The molecule has 0 aliphatic heterocycles. The van der Waals surface area contributed by atoms with E-state index in [2.05, 4.69) is 9.93 Å². The number of nitrogens with one attached hydrogen (secondary N) is 1. The van der Waals surface area contributed by atoms with E-state index in [0.717, 1.165) is 5.56 Å². The maximum absolute atomic E-state index is 12.3.